The lowest BCUT2D eigenvalue weighted by molar-refractivity contribution is -0.248. The Labute approximate surface area is 171 Å². The van der Waals surface area contributed by atoms with Gasteiger partial charge in [0, 0.05) is 6.61 Å². The Bertz CT molecular complexity index is 800. The Hall–Kier alpha value is -1.07. The summed E-state index contributed by atoms with van der Waals surface area (Å²) >= 11 is 0. The minimum absolute atomic E-state index is 0.100. The van der Waals surface area contributed by atoms with Gasteiger partial charge in [0.15, 0.2) is 18.4 Å². The summed E-state index contributed by atoms with van der Waals surface area (Å²) < 4.78 is 59.8. The van der Waals surface area contributed by atoms with Crippen molar-refractivity contribution < 1.29 is 36.3 Å². The molecule has 5 atom stereocenters. The Morgan fingerprint density at radius 2 is 1.90 bits per heavy atom. The first-order valence-corrected chi connectivity index (χ1v) is 11.4. The first-order chi connectivity index (χ1) is 13.7. The van der Waals surface area contributed by atoms with Crippen molar-refractivity contribution in [3.63, 3.8) is 0 Å². The van der Waals surface area contributed by atoms with Crippen LogP contribution in [0.5, 0.6) is 0 Å². The largest absolute Gasteiger partial charge is 0.353 e. The molecule has 4 rings (SSSR count). The molecule has 162 valence electrons. The number of benzene rings is 1. The fourth-order valence-electron chi connectivity index (χ4n) is 3.77. The average molecular weight is 429 g/mol. The minimum Gasteiger partial charge on any atom is -0.353 e. The van der Waals surface area contributed by atoms with Crippen molar-refractivity contribution >= 4 is 10.1 Å². The molecule has 3 aliphatic rings. The standard InChI is InChI=1S/C20H28O8S/c1-13-7-9-14(10-8-13)29(21,22)24-12-15-17(26-16-6-4-5-11-23-16)18-19(25-15)28-20(2,3)27-18/h7-10,15-19H,4-6,11-12H2,1-3H3/t15-,16?,17+,18-,19-/m1/s1. The van der Waals surface area contributed by atoms with Crippen LogP contribution < -0.4 is 0 Å². The predicted octanol–water partition coefficient (Wildman–Crippen LogP) is 2.49. The molecule has 0 aromatic heterocycles. The maximum absolute atomic E-state index is 12.5. The lowest BCUT2D eigenvalue weighted by Crippen LogP contribution is -2.42. The third kappa shape index (κ3) is 4.82. The summed E-state index contributed by atoms with van der Waals surface area (Å²) in [6.45, 7) is 5.93. The molecule has 1 aromatic rings. The van der Waals surface area contributed by atoms with Crippen LogP contribution >= 0.6 is 0 Å². The van der Waals surface area contributed by atoms with Crippen LogP contribution in [0.3, 0.4) is 0 Å². The van der Waals surface area contributed by atoms with Crippen LogP contribution in [-0.4, -0.2) is 58.3 Å². The van der Waals surface area contributed by atoms with Crippen molar-refractivity contribution in [3.8, 4) is 0 Å². The van der Waals surface area contributed by atoms with Gasteiger partial charge in [-0.3, -0.25) is 4.18 Å². The van der Waals surface area contributed by atoms with Crippen LogP contribution in [0.15, 0.2) is 29.2 Å². The summed E-state index contributed by atoms with van der Waals surface area (Å²) in [7, 11) is -3.92. The summed E-state index contributed by atoms with van der Waals surface area (Å²) in [5.74, 6) is -0.801. The maximum atomic E-state index is 12.5. The van der Waals surface area contributed by atoms with Crippen LogP contribution in [-0.2, 0) is 38.0 Å². The van der Waals surface area contributed by atoms with E-state index < -0.39 is 40.5 Å². The van der Waals surface area contributed by atoms with Gasteiger partial charge in [-0.1, -0.05) is 17.7 Å². The van der Waals surface area contributed by atoms with Crippen molar-refractivity contribution in [2.45, 2.75) is 81.6 Å². The molecule has 0 radical (unpaired) electrons. The van der Waals surface area contributed by atoms with Gasteiger partial charge in [0.2, 0.25) is 0 Å². The van der Waals surface area contributed by atoms with Gasteiger partial charge >= 0.3 is 0 Å². The van der Waals surface area contributed by atoms with Crippen molar-refractivity contribution in [2.24, 2.45) is 0 Å². The Morgan fingerprint density at radius 1 is 1.14 bits per heavy atom. The van der Waals surface area contributed by atoms with Crippen molar-refractivity contribution in [3.05, 3.63) is 29.8 Å². The minimum atomic E-state index is -3.92. The van der Waals surface area contributed by atoms with Crippen LogP contribution in [0.25, 0.3) is 0 Å². The fraction of sp³-hybridized carbons (Fsp3) is 0.700. The van der Waals surface area contributed by atoms with Gasteiger partial charge in [0.1, 0.15) is 18.3 Å². The molecule has 1 unspecified atom stereocenters. The van der Waals surface area contributed by atoms with Gasteiger partial charge in [0.25, 0.3) is 10.1 Å². The Kier molecular flexibility index (Phi) is 6.00. The van der Waals surface area contributed by atoms with E-state index in [9.17, 15) is 8.42 Å². The molecule has 3 heterocycles. The summed E-state index contributed by atoms with van der Waals surface area (Å²) in [5.41, 5.74) is 0.966. The smallest absolute Gasteiger partial charge is 0.297 e. The molecule has 1 aromatic carbocycles. The average Bonchev–Trinajstić information content (AvgIpc) is 3.14. The zero-order chi connectivity index (χ0) is 20.6. The van der Waals surface area contributed by atoms with E-state index in [-0.39, 0.29) is 17.8 Å². The molecule has 0 N–H and O–H groups in total. The zero-order valence-electron chi connectivity index (χ0n) is 16.9. The van der Waals surface area contributed by atoms with Gasteiger partial charge in [-0.25, -0.2) is 0 Å². The molecular formula is C20H28O8S. The van der Waals surface area contributed by atoms with Gasteiger partial charge in [-0.15, -0.1) is 0 Å². The van der Waals surface area contributed by atoms with E-state index in [1.165, 1.54) is 12.1 Å². The summed E-state index contributed by atoms with van der Waals surface area (Å²) in [5, 5.41) is 0. The summed E-state index contributed by atoms with van der Waals surface area (Å²) in [6, 6.07) is 6.49. The van der Waals surface area contributed by atoms with E-state index in [2.05, 4.69) is 0 Å². The topological polar surface area (TPSA) is 89.5 Å². The third-order valence-corrected chi connectivity index (χ3v) is 6.53. The first kappa shape index (κ1) is 21.2. The van der Waals surface area contributed by atoms with Gasteiger partial charge < -0.3 is 23.7 Å². The molecule has 0 bridgehead atoms. The number of rotatable bonds is 6. The van der Waals surface area contributed by atoms with E-state index in [4.69, 9.17) is 27.9 Å². The van der Waals surface area contributed by atoms with E-state index >= 15 is 0 Å². The maximum Gasteiger partial charge on any atom is 0.297 e. The number of fused-ring (bicyclic) bond motifs is 1. The second-order valence-electron chi connectivity index (χ2n) is 8.09. The molecule has 8 nitrogen and oxygen atoms in total. The summed E-state index contributed by atoms with van der Waals surface area (Å²) in [4.78, 5) is 0.100. The predicted molar refractivity (Wildman–Crippen MR) is 101 cm³/mol. The third-order valence-electron chi connectivity index (χ3n) is 5.23. The van der Waals surface area contributed by atoms with Gasteiger partial charge in [0.05, 0.1) is 11.5 Å². The highest BCUT2D eigenvalue weighted by atomic mass is 32.2. The highest BCUT2D eigenvalue weighted by Crippen LogP contribution is 2.40. The Balaban J connectivity index is 1.45. The van der Waals surface area contributed by atoms with Crippen molar-refractivity contribution in [2.75, 3.05) is 13.2 Å². The monoisotopic (exact) mass is 428 g/mol. The van der Waals surface area contributed by atoms with Crippen molar-refractivity contribution in [1.29, 1.82) is 0 Å². The molecule has 3 aliphatic heterocycles. The normalized spacial score (nSPS) is 34.2. The SMILES string of the molecule is Cc1ccc(S(=O)(=O)OC[C@H]2O[C@@H]3OC(C)(C)O[C@@H]3[C@H]2OC2CCCCO2)cc1. The fourth-order valence-corrected chi connectivity index (χ4v) is 4.69. The second-order valence-corrected chi connectivity index (χ2v) is 9.71. The number of ether oxygens (including phenoxy) is 5. The molecular weight excluding hydrogens is 400 g/mol. The quantitative estimate of drug-likeness (QED) is 0.639. The molecule has 29 heavy (non-hydrogen) atoms. The molecule has 0 spiro atoms. The molecule has 0 aliphatic carbocycles. The van der Waals surface area contributed by atoms with Gasteiger partial charge in [-0.05, 0) is 52.2 Å². The van der Waals surface area contributed by atoms with E-state index in [1.54, 1.807) is 26.0 Å². The van der Waals surface area contributed by atoms with Crippen LogP contribution in [0.4, 0.5) is 0 Å². The number of aryl methyl sites for hydroxylation is 1. The van der Waals surface area contributed by atoms with Crippen LogP contribution in [0.2, 0.25) is 0 Å². The summed E-state index contributed by atoms with van der Waals surface area (Å²) in [6.07, 6.45) is 0.0668. The second kappa shape index (κ2) is 8.22. The molecule has 0 amide bonds. The lowest BCUT2D eigenvalue weighted by Gasteiger charge is -2.30. The van der Waals surface area contributed by atoms with Crippen molar-refractivity contribution in [1.82, 2.24) is 0 Å². The number of hydrogen-bond acceptors (Lipinski definition) is 8. The Morgan fingerprint density at radius 3 is 2.59 bits per heavy atom. The van der Waals surface area contributed by atoms with E-state index in [1.807, 2.05) is 6.92 Å². The lowest BCUT2D eigenvalue weighted by atomic mass is 10.1. The molecule has 9 heteroatoms. The molecule has 3 fully saturated rings. The molecule has 0 saturated carbocycles. The van der Waals surface area contributed by atoms with Crippen LogP contribution in [0, 0.1) is 6.92 Å². The van der Waals surface area contributed by atoms with Gasteiger partial charge in [-0.2, -0.15) is 8.42 Å². The molecule has 3 saturated heterocycles. The van der Waals surface area contributed by atoms with Crippen LogP contribution in [0.1, 0.15) is 38.7 Å². The highest BCUT2D eigenvalue weighted by molar-refractivity contribution is 7.86. The van der Waals surface area contributed by atoms with E-state index in [0.29, 0.717) is 6.61 Å². The van der Waals surface area contributed by atoms with E-state index in [0.717, 1.165) is 24.8 Å². The number of hydrogen-bond donors (Lipinski definition) is 0. The highest BCUT2D eigenvalue weighted by Gasteiger charge is 2.56. The first-order valence-electron chi connectivity index (χ1n) is 9.98. The zero-order valence-corrected chi connectivity index (χ0v) is 17.7.